The van der Waals surface area contributed by atoms with E-state index in [0.717, 1.165) is 10.6 Å². The van der Waals surface area contributed by atoms with Gasteiger partial charge in [-0.3, -0.25) is 9.36 Å². The SMILES string of the molecule is Nc1nc(-n2cc(C(=O)O)c(=O)c3cc(F)c(N4CC(O)C4)c(Cl)c32)c(F)c(Cl)c1F. The van der Waals surface area contributed by atoms with Crippen LogP contribution < -0.4 is 16.1 Å². The zero-order valence-corrected chi connectivity index (χ0v) is 16.7. The number of nitrogens with two attached hydrogens (primary N) is 1. The van der Waals surface area contributed by atoms with Gasteiger partial charge in [-0.2, -0.15) is 0 Å². The fourth-order valence-corrected chi connectivity index (χ4v) is 3.91. The number of benzene rings is 1. The van der Waals surface area contributed by atoms with E-state index in [2.05, 4.69) is 4.98 Å². The fraction of sp³-hybridized carbons (Fsp3) is 0.167. The van der Waals surface area contributed by atoms with Crippen molar-refractivity contribution in [3.05, 3.63) is 55.5 Å². The summed E-state index contributed by atoms with van der Waals surface area (Å²) in [4.78, 5) is 29.2. The molecule has 4 rings (SSSR count). The summed E-state index contributed by atoms with van der Waals surface area (Å²) in [6.45, 7) is 0.0864. The number of aromatic carboxylic acids is 1. The van der Waals surface area contributed by atoms with E-state index in [9.17, 15) is 33.0 Å². The molecule has 2 aromatic heterocycles. The van der Waals surface area contributed by atoms with Crippen LogP contribution >= 0.6 is 23.2 Å². The highest BCUT2D eigenvalue weighted by atomic mass is 35.5. The monoisotopic (exact) mass is 474 g/mol. The zero-order chi connectivity index (χ0) is 22.8. The van der Waals surface area contributed by atoms with Crippen molar-refractivity contribution in [1.29, 1.82) is 0 Å². The average Bonchev–Trinajstić information content (AvgIpc) is 2.68. The third-order valence-electron chi connectivity index (χ3n) is 4.83. The Balaban J connectivity index is 2.16. The lowest BCUT2D eigenvalue weighted by atomic mass is 10.1. The van der Waals surface area contributed by atoms with Crippen LogP contribution in [0.1, 0.15) is 10.4 Å². The van der Waals surface area contributed by atoms with Gasteiger partial charge in [0.2, 0.25) is 5.43 Å². The van der Waals surface area contributed by atoms with Crippen molar-refractivity contribution < 1.29 is 28.2 Å². The topological polar surface area (TPSA) is 122 Å². The second-order valence-corrected chi connectivity index (χ2v) is 7.54. The number of anilines is 2. The minimum atomic E-state index is -1.69. The largest absolute Gasteiger partial charge is 0.477 e. The molecule has 162 valence electrons. The van der Waals surface area contributed by atoms with E-state index in [0.29, 0.717) is 6.20 Å². The lowest BCUT2D eigenvalue weighted by Gasteiger charge is -2.38. The molecule has 1 aromatic carbocycles. The number of halogens is 5. The van der Waals surface area contributed by atoms with Gasteiger partial charge in [-0.25, -0.2) is 22.9 Å². The molecular weight excluding hydrogens is 464 g/mol. The first-order chi connectivity index (χ1) is 14.5. The van der Waals surface area contributed by atoms with Crippen LogP contribution in [0.2, 0.25) is 10.0 Å². The van der Waals surface area contributed by atoms with Crippen molar-refractivity contribution in [2.45, 2.75) is 6.10 Å². The fourth-order valence-electron chi connectivity index (χ4n) is 3.33. The highest BCUT2D eigenvalue weighted by molar-refractivity contribution is 6.38. The summed E-state index contributed by atoms with van der Waals surface area (Å²) in [5, 5.41) is 17.0. The van der Waals surface area contributed by atoms with E-state index in [1.54, 1.807) is 0 Å². The predicted octanol–water partition coefficient (Wildman–Crippen LogP) is 2.57. The summed E-state index contributed by atoms with van der Waals surface area (Å²) in [7, 11) is 0. The second-order valence-electron chi connectivity index (χ2n) is 6.79. The average molecular weight is 475 g/mol. The van der Waals surface area contributed by atoms with Crippen LogP contribution in [0.15, 0.2) is 17.1 Å². The van der Waals surface area contributed by atoms with Gasteiger partial charge < -0.3 is 20.8 Å². The van der Waals surface area contributed by atoms with Crippen molar-refractivity contribution in [3.8, 4) is 5.82 Å². The zero-order valence-electron chi connectivity index (χ0n) is 15.2. The Morgan fingerprint density at radius 3 is 2.42 bits per heavy atom. The molecule has 3 heterocycles. The summed E-state index contributed by atoms with van der Waals surface area (Å²) in [5.74, 6) is -6.93. The van der Waals surface area contributed by atoms with Crippen LogP contribution in [-0.2, 0) is 0 Å². The van der Waals surface area contributed by atoms with Crippen LogP contribution in [0, 0.1) is 17.5 Å². The Kier molecular flexibility index (Phi) is 4.99. The number of carboxylic acid groups (broad SMARTS) is 1. The van der Waals surface area contributed by atoms with Gasteiger partial charge in [0.1, 0.15) is 16.4 Å². The number of carboxylic acids is 1. The number of β-amino-alcohol motifs (C(OH)–C–C–N with tert-alkyl or cyclic N) is 1. The number of pyridine rings is 2. The molecule has 0 spiro atoms. The Labute approximate surface area is 180 Å². The molecule has 4 N–H and O–H groups in total. The molecule has 0 unspecified atom stereocenters. The maximum atomic E-state index is 14.8. The number of rotatable bonds is 3. The van der Waals surface area contributed by atoms with Gasteiger partial charge in [-0.05, 0) is 6.07 Å². The third-order valence-corrected chi connectivity index (χ3v) is 5.52. The summed E-state index contributed by atoms with van der Waals surface area (Å²) in [6.07, 6.45) is -0.0116. The van der Waals surface area contributed by atoms with Gasteiger partial charge in [0.15, 0.2) is 23.3 Å². The van der Waals surface area contributed by atoms with E-state index in [1.165, 1.54) is 4.90 Å². The normalized spacial score (nSPS) is 14.2. The van der Waals surface area contributed by atoms with Gasteiger partial charge in [0, 0.05) is 19.3 Å². The minimum Gasteiger partial charge on any atom is -0.477 e. The molecule has 31 heavy (non-hydrogen) atoms. The van der Waals surface area contributed by atoms with Crippen molar-refractivity contribution in [2.24, 2.45) is 0 Å². The first-order valence-electron chi connectivity index (χ1n) is 8.56. The quantitative estimate of drug-likeness (QED) is 0.533. The van der Waals surface area contributed by atoms with E-state index in [-0.39, 0.29) is 29.3 Å². The molecule has 0 radical (unpaired) electrons. The number of nitrogen functional groups attached to an aromatic ring is 1. The second kappa shape index (κ2) is 7.29. The predicted molar refractivity (Wildman–Crippen MR) is 107 cm³/mol. The van der Waals surface area contributed by atoms with Crippen molar-refractivity contribution >= 4 is 51.6 Å². The summed E-state index contributed by atoms with van der Waals surface area (Å²) in [5.41, 5.74) is 2.99. The molecule has 13 heteroatoms. The van der Waals surface area contributed by atoms with Gasteiger partial charge in [-0.1, -0.05) is 23.2 Å². The Hall–Kier alpha value is -3.02. The number of aliphatic hydroxyl groups excluding tert-OH is 1. The van der Waals surface area contributed by atoms with Gasteiger partial charge in [0.25, 0.3) is 0 Å². The first kappa shape index (κ1) is 21.2. The standard InChI is InChI=1S/C18H11Cl2F3N4O4/c19-9-11(22)16(24)25-17(12(9)23)27-4-7(18(30)31)15(29)6-1-8(21)14(10(20)13(6)27)26-2-5(28)3-26/h1,4-5,28H,2-3H2,(H2,24,25)(H,30,31). The maximum absolute atomic E-state index is 14.8. The van der Waals surface area contributed by atoms with Crippen LogP contribution in [0.4, 0.5) is 24.7 Å². The number of fused-ring (bicyclic) bond motifs is 1. The van der Waals surface area contributed by atoms with Gasteiger partial charge >= 0.3 is 5.97 Å². The smallest absolute Gasteiger partial charge is 0.341 e. The molecule has 3 aromatic rings. The molecule has 0 bridgehead atoms. The number of carbonyl (C=O) groups is 1. The summed E-state index contributed by atoms with van der Waals surface area (Å²) >= 11 is 12.0. The Morgan fingerprint density at radius 2 is 1.84 bits per heavy atom. The van der Waals surface area contributed by atoms with Gasteiger partial charge in [0.05, 0.1) is 27.7 Å². The van der Waals surface area contributed by atoms with Crippen LogP contribution in [-0.4, -0.2) is 44.9 Å². The number of hydrogen-bond donors (Lipinski definition) is 3. The van der Waals surface area contributed by atoms with E-state index in [1.807, 2.05) is 0 Å². The molecule has 1 fully saturated rings. The molecule has 0 atom stereocenters. The highest BCUT2D eigenvalue weighted by Gasteiger charge is 2.32. The van der Waals surface area contributed by atoms with E-state index in [4.69, 9.17) is 28.9 Å². The minimum absolute atomic E-state index is 0.0432. The molecular formula is C18H11Cl2F3N4O4. The van der Waals surface area contributed by atoms with E-state index >= 15 is 0 Å². The number of aliphatic hydroxyl groups is 1. The van der Waals surface area contributed by atoms with Crippen molar-refractivity contribution in [3.63, 3.8) is 0 Å². The molecule has 1 saturated heterocycles. The number of aromatic nitrogens is 2. The van der Waals surface area contributed by atoms with Crippen LogP contribution in [0.25, 0.3) is 16.7 Å². The Morgan fingerprint density at radius 1 is 1.19 bits per heavy atom. The summed E-state index contributed by atoms with van der Waals surface area (Å²) < 4.78 is 44.2. The highest BCUT2D eigenvalue weighted by Crippen LogP contribution is 2.39. The van der Waals surface area contributed by atoms with Crippen LogP contribution in [0.3, 0.4) is 0 Å². The molecule has 0 saturated carbocycles. The first-order valence-corrected chi connectivity index (χ1v) is 9.32. The number of hydrogen-bond acceptors (Lipinski definition) is 6. The molecule has 1 aliphatic rings. The van der Waals surface area contributed by atoms with Crippen molar-refractivity contribution in [2.75, 3.05) is 23.7 Å². The third kappa shape index (κ3) is 3.16. The lowest BCUT2D eigenvalue weighted by molar-refractivity contribution is 0.0695. The Bertz CT molecular complexity index is 1340. The van der Waals surface area contributed by atoms with Crippen LogP contribution in [0.5, 0.6) is 0 Å². The molecule has 1 aliphatic heterocycles. The van der Waals surface area contributed by atoms with Crippen molar-refractivity contribution in [1.82, 2.24) is 9.55 Å². The molecule has 0 amide bonds. The molecule has 8 nitrogen and oxygen atoms in total. The summed E-state index contributed by atoms with van der Waals surface area (Å²) in [6, 6.07) is 0.749. The van der Waals surface area contributed by atoms with Gasteiger partial charge in [-0.15, -0.1) is 0 Å². The number of nitrogens with zero attached hydrogens (tertiary/aromatic N) is 3. The molecule has 0 aliphatic carbocycles. The lowest BCUT2D eigenvalue weighted by Crippen LogP contribution is -2.51. The van der Waals surface area contributed by atoms with E-state index < -0.39 is 62.6 Å². The maximum Gasteiger partial charge on any atom is 0.341 e.